The van der Waals surface area contributed by atoms with Crippen molar-refractivity contribution in [1.29, 1.82) is 0 Å². The molecule has 21 heavy (non-hydrogen) atoms. The predicted octanol–water partition coefficient (Wildman–Crippen LogP) is 1.54. The van der Waals surface area contributed by atoms with Gasteiger partial charge in [-0.15, -0.1) is 0 Å². The Morgan fingerprint density at radius 1 is 1.43 bits per heavy atom. The maximum Gasteiger partial charge on any atom is 0.303 e. The number of carbonyl (C=O) groups excluding carboxylic acids is 1. The van der Waals surface area contributed by atoms with Gasteiger partial charge in [0.2, 0.25) is 5.91 Å². The van der Waals surface area contributed by atoms with E-state index in [1.807, 2.05) is 18.0 Å². The van der Waals surface area contributed by atoms with E-state index < -0.39 is 5.97 Å². The molecule has 1 aromatic heterocycles. The number of carboxylic acid groups (broad SMARTS) is 1. The molecule has 0 aromatic carbocycles. The van der Waals surface area contributed by atoms with Crippen LogP contribution in [0.1, 0.15) is 31.4 Å². The van der Waals surface area contributed by atoms with E-state index in [1.165, 1.54) is 0 Å². The third kappa shape index (κ3) is 4.44. The Kier molecular flexibility index (Phi) is 5.14. The number of likely N-dealkylation sites (tertiary alicyclic amines) is 1. The van der Waals surface area contributed by atoms with Crippen LogP contribution in [0.15, 0.2) is 18.3 Å². The van der Waals surface area contributed by atoms with Crippen molar-refractivity contribution in [3.05, 3.63) is 24.0 Å². The average Bonchev–Trinajstić information content (AvgIpc) is 2.88. The molecule has 1 saturated heterocycles. The Morgan fingerprint density at radius 2 is 2.14 bits per heavy atom. The van der Waals surface area contributed by atoms with Gasteiger partial charge in [0.15, 0.2) is 0 Å². The summed E-state index contributed by atoms with van der Waals surface area (Å²) >= 11 is 0. The van der Waals surface area contributed by atoms with E-state index >= 15 is 0 Å². The van der Waals surface area contributed by atoms with Crippen LogP contribution in [0.3, 0.4) is 0 Å². The predicted molar refractivity (Wildman–Crippen MR) is 78.4 cm³/mol. The monoisotopic (exact) mass is 291 g/mol. The van der Waals surface area contributed by atoms with Crippen molar-refractivity contribution in [3.63, 3.8) is 0 Å². The highest BCUT2D eigenvalue weighted by molar-refractivity contribution is 5.91. The second kappa shape index (κ2) is 7.06. The number of hydrogen-bond donors (Lipinski definition) is 1. The second-order valence-electron chi connectivity index (χ2n) is 5.41. The summed E-state index contributed by atoms with van der Waals surface area (Å²) in [6.45, 7) is 1.41. The molecule has 1 aromatic rings. The zero-order chi connectivity index (χ0) is 15.2. The summed E-state index contributed by atoms with van der Waals surface area (Å²) in [6, 6.07) is 1.85. The quantitative estimate of drug-likeness (QED) is 0.835. The van der Waals surface area contributed by atoms with Crippen molar-refractivity contribution in [2.24, 2.45) is 13.0 Å². The molecule has 1 aliphatic heterocycles. The largest absolute Gasteiger partial charge is 0.481 e. The normalized spacial score (nSPS) is 16.5. The molecule has 0 radical (unpaired) electrons. The average molecular weight is 291 g/mol. The molecule has 0 unspecified atom stereocenters. The van der Waals surface area contributed by atoms with Gasteiger partial charge in [0, 0.05) is 38.8 Å². The Balaban J connectivity index is 1.79. The number of hydrogen-bond acceptors (Lipinski definition) is 3. The summed E-state index contributed by atoms with van der Waals surface area (Å²) < 4.78 is 1.71. The summed E-state index contributed by atoms with van der Waals surface area (Å²) in [5.74, 6) is -0.313. The molecule has 6 heteroatoms. The third-order valence-corrected chi connectivity index (χ3v) is 3.95. The van der Waals surface area contributed by atoms with Crippen molar-refractivity contribution in [1.82, 2.24) is 14.7 Å². The lowest BCUT2D eigenvalue weighted by Crippen LogP contribution is -2.37. The SMILES string of the molecule is Cn1nccc1C=CC(=O)N1CCC(CCC(=O)O)CC1. The lowest BCUT2D eigenvalue weighted by Gasteiger charge is -2.31. The number of aliphatic carboxylic acids is 1. The highest BCUT2D eigenvalue weighted by atomic mass is 16.4. The van der Waals surface area contributed by atoms with Gasteiger partial charge in [0.05, 0.1) is 5.69 Å². The number of aromatic nitrogens is 2. The van der Waals surface area contributed by atoms with Crippen LogP contribution in [0, 0.1) is 5.92 Å². The van der Waals surface area contributed by atoms with E-state index in [0.717, 1.165) is 18.5 Å². The molecule has 1 amide bonds. The van der Waals surface area contributed by atoms with Gasteiger partial charge in [-0.1, -0.05) is 0 Å². The van der Waals surface area contributed by atoms with Crippen LogP contribution in [0.2, 0.25) is 0 Å². The van der Waals surface area contributed by atoms with Gasteiger partial charge in [-0.05, 0) is 37.3 Å². The first kappa shape index (κ1) is 15.3. The zero-order valence-electron chi connectivity index (χ0n) is 12.2. The van der Waals surface area contributed by atoms with Crippen LogP contribution in [0.25, 0.3) is 6.08 Å². The zero-order valence-corrected chi connectivity index (χ0v) is 12.2. The molecule has 1 aliphatic rings. The van der Waals surface area contributed by atoms with Gasteiger partial charge in [0.25, 0.3) is 0 Å². The van der Waals surface area contributed by atoms with Crippen molar-refractivity contribution in [3.8, 4) is 0 Å². The number of aryl methyl sites for hydroxylation is 1. The molecule has 0 saturated carbocycles. The number of rotatable bonds is 5. The van der Waals surface area contributed by atoms with Crippen molar-refractivity contribution >= 4 is 18.0 Å². The number of carbonyl (C=O) groups is 2. The fraction of sp³-hybridized carbons (Fsp3) is 0.533. The van der Waals surface area contributed by atoms with Gasteiger partial charge in [0.1, 0.15) is 0 Å². The molecule has 2 heterocycles. The van der Waals surface area contributed by atoms with E-state index in [2.05, 4.69) is 5.10 Å². The molecule has 0 spiro atoms. The van der Waals surface area contributed by atoms with Crippen LogP contribution in [0.4, 0.5) is 0 Å². The highest BCUT2D eigenvalue weighted by Crippen LogP contribution is 2.22. The molecular weight excluding hydrogens is 270 g/mol. The second-order valence-corrected chi connectivity index (χ2v) is 5.41. The summed E-state index contributed by atoms with van der Waals surface area (Å²) in [5.41, 5.74) is 0.889. The minimum absolute atomic E-state index is 0.00730. The Labute approximate surface area is 124 Å². The number of nitrogens with zero attached hydrogens (tertiary/aromatic N) is 3. The summed E-state index contributed by atoms with van der Waals surface area (Å²) in [6.07, 6.45) is 7.75. The lowest BCUT2D eigenvalue weighted by molar-refractivity contribution is -0.137. The summed E-state index contributed by atoms with van der Waals surface area (Å²) in [4.78, 5) is 24.5. The van der Waals surface area contributed by atoms with E-state index in [0.29, 0.717) is 25.4 Å². The van der Waals surface area contributed by atoms with Gasteiger partial charge in [-0.25, -0.2) is 0 Å². The Morgan fingerprint density at radius 3 is 2.71 bits per heavy atom. The molecule has 0 bridgehead atoms. The van der Waals surface area contributed by atoms with E-state index in [-0.39, 0.29) is 12.3 Å². The molecule has 1 N–H and O–H groups in total. The smallest absolute Gasteiger partial charge is 0.303 e. The Bertz CT molecular complexity index is 528. The van der Waals surface area contributed by atoms with Gasteiger partial charge in [-0.2, -0.15) is 5.10 Å². The fourth-order valence-corrected chi connectivity index (χ4v) is 2.58. The first-order valence-electron chi connectivity index (χ1n) is 7.23. The first-order valence-corrected chi connectivity index (χ1v) is 7.23. The minimum Gasteiger partial charge on any atom is -0.481 e. The molecule has 2 rings (SSSR count). The molecule has 6 nitrogen and oxygen atoms in total. The molecule has 114 valence electrons. The first-order chi connectivity index (χ1) is 10.1. The van der Waals surface area contributed by atoms with Crippen LogP contribution in [0.5, 0.6) is 0 Å². The standard InChI is InChI=1S/C15H21N3O3/c1-17-13(6-9-16-17)3-4-14(19)18-10-7-12(8-11-18)2-5-15(20)21/h3-4,6,9,12H,2,5,7-8,10-11H2,1H3,(H,20,21). The van der Waals surface area contributed by atoms with Gasteiger partial charge in [-0.3, -0.25) is 14.3 Å². The maximum atomic E-state index is 12.1. The topological polar surface area (TPSA) is 75.4 Å². The van der Waals surface area contributed by atoms with E-state index in [9.17, 15) is 9.59 Å². The molecule has 0 atom stereocenters. The number of amides is 1. The lowest BCUT2D eigenvalue weighted by atomic mass is 9.92. The van der Waals surface area contributed by atoms with Gasteiger partial charge < -0.3 is 10.0 Å². The van der Waals surface area contributed by atoms with Crippen LogP contribution in [-0.2, 0) is 16.6 Å². The molecular formula is C15H21N3O3. The van der Waals surface area contributed by atoms with Crippen LogP contribution >= 0.6 is 0 Å². The summed E-state index contributed by atoms with van der Waals surface area (Å²) in [7, 11) is 1.83. The van der Waals surface area contributed by atoms with E-state index in [1.54, 1.807) is 23.0 Å². The third-order valence-electron chi connectivity index (χ3n) is 3.95. The van der Waals surface area contributed by atoms with Crippen LogP contribution < -0.4 is 0 Å². The Hall–Kier alpha value is -2.11. The van der Waals surface area contributed by atoms with Crippen molar-refractivity contribution < 1.29 is 14.7 Å². The van der Waals surface area contributed by atoms with Gasteiger partial charge >= 0.3 is 5.97 Å². The van der Waals surface area contributed by atoms with Crippen molar-refractivity contribution in [2.75, 3.05) is 13.1 Å². The number of piperidine rings is 1. The minimum atomic E-state index is -0.743. The fourth-order valence-electron chi connectivity index (χ4n) is 2.58. The summed E-state index contributed by atoms with van der Waals surface area (Å²) in [5, 5.41) is 12.7. The van der Waals surface area contributed by atoms with E-state index in [4.69, 9.17) is 5.11 Å². The molecule has 0 aliphatic carbocycles. The van der Waals surface area contributed by atoms with Crippen LogP contribution in [-0.4, -0.2) is 44.8 Å². The highest BCUT2D eigenvalue weighted by Gasteiger charge is 2.21. The van der Waals surface area contributed by atoms with Crippen molar-refractivity contribution in [2.45, 2.75) is 25.7 Å². The molecule has 1 fully saturated rings. The maximum absolute atomic E-state index is 12.1. The number of carboxylic acids is 1.